The monoisotopic (exact) mass is 508 g/mol. The predicted molar refractivity (Wildman–Crippen MR) is 147 cm³/mol. The van der Waals surface area contributed by atoms with Gasteiger partial charge in [0.15, 0.2) is 0 Å². The second kappa shape index (κ2) is 12.1. The van der Waals surface area contributed by atoms with Crippen molar-refractivity contribution in [2.75, 3.05) is 19.6 Å². The number of hydrogen-bond acceptors (Lipinski definition) is 2. The van der Waals surface area contributed by atoms with E-state index in [1.54, 1.807) is 0 Å². The van der Waals surface area contributed by atoms with E-state index in [0.717, 1.165) is 50.0 Å². The molecule has 3 aromatic carbocycles. The van der Waals surface area contributed by atoms with Crippen LogP contribution >= 0.6 is 23.2 Å². The summed E-state index contributed by atoms with van der Waals surface area (Å²) in [5.74, 6) is 1.01. The van der Waals surface area contributed by atoms with Crippen LogP contribution in [0.1, 0.15) is 42.6 Å². The lowest BCUT2D eigenvalue weighted by molar-refractivity contribution is 0.0893. The zero-order valence-electron chi connectivity index (χ0n) is 20.5. The number of nitrogens with one attached hydrogen (secondary N) is 1. The van der Waals surface area contributed by atoms with Gasteiger partial charge in [-0.2, -0.15) is 0 Å². The van der Waals surface area contributed by atoms with Crippen LogP contribution in [-0.2, 0) is 6.42 Å². The number of carbonyl (C=O) groups is 1. The molecule has 184 valence electrons. The number of hydrogen-bond donors (Lipinski definition) is 1. The number of halogens is 2. The number of carbonyl (C=O) groups excluding carboxylic acids is 1. The quantitative estimate of drug-likeness (QED) is 0.344. The fourth-order valence-electron chi connectivity index (χ4n) is 4.77. The number of amides is 1. The molecule has 1 atom stereocenters. The highest BCUT2D eigenvalue weighted by Gasteiger charge is 2.25. The Balaban J connectivity index is 1.29. The molecule has 0 bridgehead atoms. The van der Waals surface area contributed by atoms with Gasteiger partial charge in [0.1, 0.15) is 0 Å². The Morgan fingerprint density at radius 3 is 2.20 bits per heavy atom. The molecule has 0 saturated carbocycles. The highest BCUT2D eigenvalue weighted by molar-refractivity contribution is 6.42. The molecule has 0 spiro atoms. The molecule has 4 rings (SSSR count). The first-order valence-corrected chi connectivity index (χ1v) is 13.3. The van der Waals surface area contributed by atoms with Crippen LogP contribution in [0.3, 0.4) is 0 Å². The fourth-order valence-corrected chi connectivity index (χ4v) is 5.09. The Kier molecular flexibility index (Phi) is 8.89. The SMILES string of the molecule is CC(C)[C@@H](CN1CCC(Cc2ccc(Cl)c(Cl)c2)CC1)NC(=O)c1ccc(-c2ccccc2)cc1. The minimum Gasteiger partial charge on any atom is -0.348 e. The molecule has 3 aromatic rings. The first kappa shape index (κ1) is 25.8. The van der Waals surface area contributed by atoms with Crippen molar-refractivity contribution in [2.45, 2.75) is 39.2 Å². The van der Waals surface area contributed by atoms with Gasteiger partial charge in [-0.05, 0) is 85.1 Å². The van der Waals surface area contributed by atoms with Gasteiger partial charge >= 0.3 is 0 Å². The Bertz CT molecular complexity index is 1110. The largest absolute Gasteiger partial charge is 0.348 e. The lowest BCUT2D eigenvalue weighted by Gasteiger charge is -2.35. The third-order valence-corrected chi connectivity index (χ3v) is 7.78. The van der Waals surface area contributed by atoms with Gasteiger partial charge in [-0.1, -0.05) is 85.6 Å². The van der Waals surface area contributed by atoms with E-state index in [9.17, 15) is 4.79 Å². The number of nitrogens with zero attached hydrogens (tertiary/aromatic N) is 1. The molecule has 35 heavy (non-hydrogen) atoms. The molecule has 1 N–H and O–H groups in total. The van der Waals surface area contributed by atoms with Crippen LogP contribution < -0.4 is 5.32 Å². The maximum absolute atomic E-state index is 13.0. The Labute approximate surface area is 219 Å². The summed E-state index contributed by atoms with van der Waals surface area (Å²) < 4.78 is 0. The molecule has 1 heterocycles. The topological polar surface area (TPSA) is 32.3 Å². The van der Waals surface area contributed by atoms with E-state index in [1.807, 2.05) is 54.6 Å². The zero-order valence-corrected chi connectivity index (χ0v) is 22.0. The highest BCUT2D eigenvalue weighted by atomic mass is 35.5. The van der Waals surface area contributed by atoms with Crippen LogP contribution in [0, 0.1) is 11.8 Å². The van der Waals surface area contributed by atoms with E-state index in [1.165, 1.54) is 5.56 Å². The molecule has 5 heteroatoms. The minimum atomic E-state index is -0.00202. The van der Waals surface area contributed by atoms with E-state index < -0.39 is 0 Å². The maximum Gasteiger partial charge on any atom is 0.251 e. The van der Waals surface area contributed by atoms with Crippen molar-refractivity contribution in [2.24, 2.45) is 11.8 Å². The normalized spacial score (nSPS) is 15.8. The lowest BCUT2D eigenvalue weighted by atomic mass is 9.89. The summed E-state index contributed by atoms with van der Waals surface area (Å²) in [5, 5.41) is 4.54. The zero-order chi connectivity index (χ0) is 24.8. The molecular formula is C30H34Cl2N2O. The molecule has 1 saturated heterocycles. The Morgan fingerprint density at radius 2 is 1.57 bits per heavy atom. The molecule has 3 nitrogen and oxygen atoms in total. The highest BCUT2D eigenvalue weighted by Crippen LogP contribution is 2.27. The van der Waals surface area contributed by atoms with Crippen molar-refractivity contribution in [3.63, 3.8) is 0 Å². The van der Waals surface area contributed by atoms with Crippen molar-refractivity contribution in [3.8, 4) is 11.1 Å². The minimum absolute atomic E-state index is 0.00202. The molecule has 0 radical (unpaired) electrons. The van der Waals surface area contributed by atoms with Crippen LogP contribution in [0.2, 0.25) is 10.0 Å². The van der Waals surface area contributed by atoms with Crippen LogP contribution in [0.4, 0.5) is 0 Å². The lowest BCUT2D eigenvalue weighted by Crippen LogP contribution is -2.48. The molecule has 0 unspecified atom stereocenters. The smallest absolute Gasteiger partial charge is 0.251 e. The fraction of sp³-hybridized carbons (Fsp3) is 0.367. The second-order valence-electron chi connectivity index (χ2n) is 9.96. The van der Waals surface area contributed by atoms with Gasteiger partial charge in [0.05, 0.1) is 10.0 Å². The van der Waals surface area contributed by atoms with E-state index in [-0.39, 0.29) is 11.9 Å². The molecular weight excluding hydrogens is 475 g/mol. The maximum atomic E-state index is 13.0. The van der Waals surface area contributed by atoms with E-state index in [4.69, 9.17) is 23.2 Å². The average molecular weight is 510 g/mol. The molecule has 1 aliphatic heterocycles. The number of likely N-dealkylation sites (tertiary alicyclic amines) is 1. The molecule has 1 aliphatic rings. The van der Waals surface area contributed by atoms with Gasteiger partial charge in [-0.3, -0.25) is 4.79 Å². The van der Waals surface area contributed by atoms with E-state index in [2.05, 4.69) is 42.3 Å². The molecule has 0 aliphatic carbocycles. The van der Waals surface area contributed by atoms with Gasteiger partial charge in [-0.25, -0.2) is 0 Å². The van der Waals surface area contributed by atoms with E-state index in [0.29, 0.717) is 27.4 Å². The van der Waals surface area contributed by atoms with Crippen molar-refractivity contribution < 1.29 is 4.79 Å². The number of benzene rings is 3. The van der Waals surface area contributed by atoms with Crippen LogP contribution in [0.25, 0.3) is 11.1 Å². The number of rotatable bonds is 8. The second-order valence-corrected chi connectivity index (χ2v) is 10.8. The molecule has 1 fully saturated rings. The number of piperidine rings is 1. The average Bonchev–Trinajstić information content (AvgIpc) is 2.87. The summed E-state index contributed by atoms with van der Waals surface area (Å²) in [6.07, 6.45) is 3.34. The first-order chi connectivity index (χ1) is 16.9. The van der Waals surface area contributed by atoms with Gasteiger partial charge < -0.3 is 10.2 Å². The summed E-state index contributed by atoms with van der Waals surface area (Å²) >= 11 is 12.2. The predicted octanol–water partition coefficient (Wildman–Crippen LogP) is 7.37. The van der Waals surface area contributed by atoms with Crippen LogP contribution in [0.15, 0.2) is 72.8 Å². The first-order valence-electron chi connectivity index (χ1n) is 12.5. The third kappa shape index (κ3) is 7.10. The van der Waals surface area contributed by atoms with Gasteiger partial charge in [-0.15, -0.1) is 0 Å². The molecule has 0 aromatic heterocycles. The van der Waals surface area contributed by atoms with Crippen molar-refractivity contribution in [1.82, 2.24) is 10.2 Å². The summed E-state index contributed by atoms with van der Waals surface area (Å²) in [4.78, 5) is 15.5. The van der Waals surface area contributed by atoms with E-state index >= 15 is 0 Å². The van der Waals surface area contributed by atoms with Crippen molar-refractivity contribution >= 4 is 29.1 Å². The molecule has 1 amide bonds. The summed E-state index contributed by atoms with van der Waals surface area (Å²) in [7, 11) is 0. The third-order valence-electron chi connectivity index (χ3n) is 7.05. The van der Waals surface area contributed by atoms with Gasteiger partial charge in [0, 0.05) is 18.2 Å². The summed E-state index contributed by atoms with van der Waals surface area (Å²) in [5.41, 5.74) is 4.23. The van der Waals surface area contributed by atoms with Crippen molar-refractivity contribution in [1.29, 1.82) is 0 Å². The Hall–Kier alpha value is -2.33. The summed E-state index contributed by atoms with van der Waals surface area (Å²) in [6.45, 7) is 7.35. The van der Waals surface area contributed by atoms with Crippen LogP contribution in [0.5, 0.6) is 0 Å². The van der Waals surface area contributed by atoms with Crippen molar-refractivity contribution in [3.05, 3.63) is 94.0 Å². The van der Waals surface area contributed by atoms with Gasteiger partial charge in [0.2, 0.25) is 0 Å². The van der Waals surface area contributed by atoms with Gasteiger partial charge in [0.25, 0.3) is 5.91 Å². The van der Waals surface area contributed by atoms with Crippen LogP contribution in [-0.4, -0.2) is 36.5 Å². The standard InChI is InChI=1S/C30H34Cl2N2O/c1-21(2)29(33-30(35)26-11-9-25(10-12-26)24-6-4-3-5-7-24)20-34-16-14-22(15-17-34)18-23-8-13-27(31)28(32)19-23/h3-13,19,21-22,29H,14-18,20H2,1-2H3,(H,33,35)/t29-/m1/s1. The summed E-state index contributed by atoms with van der Waals surface area (Å²) in [6, 6.07) is 24.2. The Morgan fingerprint density at radius 1 is 0.914 bits per heavy atom.